The van der Waals surface area contributed by atoms with Crippen molar-refractivity contribution >= 4 is 72.3 Å². The molecule has 120 valence electrons. The standard InChI is InChI=1S/C15H24S6/c16-6-8-18-10-12-20-15(14-4-2-1-3-5-14)21-13-11-19-9-7-17/h1-5,15-17H,6-13H2. The Kier molecular flexibility index (Phi) is 14.4. The molecule has 0 bridgehead atoms. The van der Waals surface area contributed by atoms with Crippen molar-refractivity contribution in [3.8, 4) is 0 Å². The maximum atomic E-state index is 4.26. The van der Waals surface area contributed by atoms with Gasteiger partial charge in [0.05, 0.1) is 4.58 Å². The van der Waals surface area contributed by atoms with Crippen LogP contribution in [0.15, 0.2) is 30.3 Å². The van der Waals surface area contributed by atoms with Crippen molar-refractivity contribution in [1.82, 2.24) is 0 Å². The van der Waals surface area contributed by atoms with Gasteiger partial charge in [-0.15, -0.1) is 23.5 Å². The summed E-state index contributed by atoms with van der Waals surface area (Å²) < 4.78 is 0.569. The van der Waals surface area contributed by atoms with E-state index < -0.39 is 0 Å². The van der Waals surface area contributed by atoms with Gasteiger partial charge in [-0.1, -0.05) is 30.3 Å². The van der Waals surface area contributed by atoms with Gasteiger partial charge in [0, 0.05) is 34.5 Å². The van der Waals surface area contributed by atoms with Crippen LogP contribution in [0.2, 0.25) is 0 Å². The highest BCUT2D eigenvalue weighted by molar-refractivity contribution is 8.17. The minimum Gasteiger partial charge on any atom is -0.179 e. The Bertz CT molecular complexity index is 318. The second kappa shape index (κ2) is 14.9. The molecule has 0 heterocycles. The Hall–Kier alpha value is 1.32. The van der Waals surface area contributed by atoms with Gasteiger partial charge in [0.1, 0.15) is 0 Å². The molecule has 0 radical (unpaired) electrons. The van der Waals surface area contributed by atoms with Crippen LogP contribution < -0.4 is 0 Å². The predicted octanol–water partition coefficient (Wildman–Crippen LogP) is 5.48. The van der Waals surface area contributed by atoms with Crippen LogP contribution in [0.4, 0.5) is 0 Å². The average molecular weight is 397 g/mol. The first kappa shape index (κ1) is 20.4. The van der Waals surface area contributed by atoms with Gasteiger partial charge in [0.15, 0.2) is 0 Å². The first-order chi connectivity index (χ1) is 10.4. The van der Waals surface area contributed by atoms with Gasteiger partial charge >= 0.3 is 0 Å². The Balaban J connectivity index is 2.32. The van der Waals surface area contributed by atoms with Crippen LogP contribution in [0.3, 0.4) is 0 Å². The monoisotopic (exact) mass is 396 g/mol. The van der Waals surface area contributed by atoms with E-state index in [-0.39, 0.29) is 0 Å². The minimum atomic E-state index is 0.569. The number of benzene rings is 1. The number of thioether (sulfide) groups is 4. The number of thiol groups is 2. The van der Waals surface area contributed by atoms with Crippen LogP contribution in [-0.4, -0.2) is 46.0 Å². The largest absolute Gasteiger partial charge is 0.179 e. The molecule has 1 aromatic carbocycles. The molecular weight excluding hydrogens is 373 g/mol. The molecule has 0 aliphatic rings. The molecular formula is C15H24S6. The lowest BCUT2D eigenvalue weighted by Crippen LogP contribution is -1.97. The summed E-state index contributed by atoms with van der Waals surface area (Å²) >= 11 is 16.7. The van der Waals surface area contributed by atoms with E-state index in [1.807, 2.05) is 23.5 Å². The first-order valence-electron chi connectivity index (χ1n) is 7.04. The lowest BCUT2D eigenvalue weighted by molar-refractivity contribution is 1.35. The van der Waals surface area contributed by atoms with Gasteiger partial charge in [-0.2, -0.15) is 48.8 Å². The summed E-state index contributed by atoms with van der Waals surface area (Å²) in [6, 6.07) is 10.9. The molecule has 21 heavy (non-hydrogen) atoms. The van der Waals surface area contributed by atoms with Gasteiger partial charge in [-0.3, -0.25) is 0 Å². The second-order valence-electron chi connectivity index (χ2n) is 4.16. The van der Waals surface area contributed by atoms with Gasteiger partial charge in [-0.25, -0.2) is 0 Å². The number of hydrogen-bond acceptors (Lipinski definition) is 6. The van der Waals surface area contributed by atoms with Crippen molar-refractivity contribution in [2.45, 2.75) is 4.58 Å². The molecule has 6 heteroatoms. The zero-order valence-corrected chi connectivity index (χ0v) is 17.2. The third-order valence-corrected chi connectivity index (χ3v) is 8.92. The van der Waals surface area contributed by atoms with Crippen molar-refractivity contribution in [3.63, 3.8) is 0 Å². The van der Waals surface area contributed by atoms with Crippen LogP contribution in [0.25, 0.3) is 0 Å². The molecule has 0 saturated heterocycles. The average Bonchev–Trinajstić information content (AvgIpc) is 2.53. The fourth-order valence-electron chi connectivity index (χ4n) is 1.61. The third kappa shape index (κ3) is 10.7. The van der Waals surface area contributed by atoms with Crippen molar-refractivity contribution in [2.24, 2.45) is 0 Å². The Morgan fingerprint density at radius 2 is 1.24 bits per heavy atom. The Morgan fingerprint density at radius 1 is 0.714 bits per heavy atom. The third-order valence-electron chi connectivity index (χ3n) is 2.54. The molecule has 0 unspecified atom stereocenters. The summed E-state index contributed by atoms with van der Waals surface area (Å²) in [4.78, 5) is 0. The zero-order valence-electron chi connectivity index (χ0n) is 12.1. The Labute approximate surface area is 158 Å². The molecule has 0 amide bonds. The SMILES string of the molecule is SCCSCCSC(SCCSCCS)c1ccccc1. The number of rotatable bonds is 13. The van der Waals surface area contributed by atoms with E-state index in [2.05, 4.69) is 79.1 Å². The summed E-state index contributed by atoms with van der Waals surface area (Å²) in [5, 5.41) is 0. The molecule has 0 aliphatic carbocycles. The minimum absolute atomic E-state index is 0.569. The zero-order chi connectivity index (χ0) is 15.2. The van der Waals surface area contributed by atoms with E-state index in [0.717, 1.165) is 23.0 Å². The smallest absolute Gasteiger partial charge is 0.0751 e. The van der Waals surface area contributed by atoms with E-state index in [0.29, 0.717) is 4.58 Å². The van der Waals surface area contributed by atoms with Crippen LogP contribution in [-0.2, 0) is 0 Å². The molecule has 1 aromatic rings. The van der Waals surface area contributed by atoms with Crippen LogP contribution >= 0.6 is 72.3 Å². The van der Waals surface area contributed by atoms with Crippen molar-refractivity contribution in [2.75, 3.05) is 46.0 Å². The van der Waals surface area contributed by atoms with Crippen molar-refractivity contribution < 1.29 is 0 Å². The first-order valence-corrected chi connectivity index (χ1v) is 12.7. The highest BCUT2D eigenvalue weighted by Crippen LogP contribution is 2.39. The van der Waals surface area contributed by atoms with Crippen LogP contribution in [0.5, 0.6) is 0 Å². The molecule has 0 atom stereocenters. The highest BCUT2D eigenvalue weighted by Gasteiger charge is 2.11. The maximum Gasteiger partial charge on any atom is 0.0751 e. The molecule has 0 fully saturated rings. The fraction of sp³-hybridized carbons (Fsp3) is 0.600. The van der Waals surface area contributed by atoms with Crippen molar-refractivity contribution in [3.05, 3.63) is 35.9 Å². The van der Waals surface area contributed by atoms with Crippen molar-refractivity contribution in [1.29, 1.82) is 0 Å². The van der Waals surface area contributed by atoms with Gasteiger partial charge in [-0.05, 0) is 17.1 Å². The quantitative estimate of drug-likeness (QED) is 0.257. The van der Waals surface area contributed by atoms with E-state index in [9.17, 15) is 0 Å². The molecule has 0 aliphatic heterocycles. The van der Waals surface area contributed by atoms with Crippen LogP contribution in [0, 0.1) is 0 Å². The molecule has 1 rings (SSSR count). The lowest BCUT2D eigenvalue weighted by atomic mass is 10.2. The topological polar surface area (TPSA) is 0 Å². The normalized spacial score (nSPS) is 11.2. The fourth-order valence-corrected chi connectivity index (χ4v) is 6.86. The predicted molar refractivity (Wildman–Crippen MR) is 116 cm³/mol. The molecule has 0 N–H and O–H groups in total. The van der Waals surface area contributed by atoms with Crippen LogP contribution in [0.1, 0.15) is 10.1 Å². The summed E-state index contributed by atoms with van der Waals surface area (Å²) in [6.07, 6.45) is 0. The molecule has 0 aromatic heterocycles. The lowest BCUT2D eigenvalue weighted by Gasteiger charge is -2.16. The molecule has 0 saturated carbocycles. The van der Waals surface area contributed by atoms with Gasteiger partial charge < -0.3 is 0 Å². The molecule has 0 nitrogen and oxygen atoms in total. The second-order valence-corrected chi connectivity index (χ2v) is 10.2. The number of hydrogen-bond donors (Lipinski definition) is 2. The summed E-state index contributed by atoms with van der Waals surface area (Å²) in [6.45, 7) is 0. The summed E-state index contributed by atoms with van der Waals surface area (Å²) in [5.41, 5.74) is 1.45. The van der Waals surface area contributed by atoms with E-state index in [4.69, 9.17) is 0 Å². The van der Waals surface area contributed by atoms with E-state index in [1.165, 1.54) is 28.6 Å². The highest BCUT2D eigenvalue weighted by atomic mass is 32.2. The molecule has 0 spiro atoms. The van der Waals surface area contributed by atoms with E-state index in [1.54, 1.807) is 0 Å². The summed E-state index contributed by atoms with van der Waals surface area (Å²) in [7, 11) is 0. The van der Waals surface area contributed by atoms with Gasteiger partial charge in [0.25, 0.3) is 0 Å². The summed E-state index contributed by atoms with van der Waals surface area (Å²) in [5.74, 6) is 9.17. The Morgan fingerprint density at radius 3 is 1.71 bits per heavy atom. The van der Waals surface area contributed by atoms with Gasteiger partial charge in [0.2, 0.25) is 0 Å². The maximum absolute atomic E-state index is 4.26. The van der Waals surface area contributed by atoms with E-state index >= 15 is 0 Å².